The number of carboxylic acids is 1. The summed E-state index contributed by atoms with van der Waals surface area (Å²) < 4.78 is 5.53. The van der Waals surface area contributed by atoms with Crippen molar-refractivity contribution in [2.75, 3.05) is 6.54 Å². The van der Waals surface area contributed by atoms with E-state index in [9.17, 15) is 9.90 Å². The molecule has 1 heterocycles. The lowest BCUT2D eigenvalue weighted by molar-refractivity contribution is 0.0661. The van der Waals surface area contributed by atoms with Crippen LogP contribution in [-0.2, 0) is 13.1 Å². The molecule has 0 bridgehead atoms. The van der Waals surface area contributed by atoms with E-state index in [1.165, 1.54) is 5.56 Å². The molecule has 4 nitrogen and oxygen atoms in total. The first-order chi connectivity index (χ1) is 11.2. The molecule has 0 saturated heterocycles. The first-order valence-electron chi connectivity index (χ1n) is 7.69. The van der Waals surface area contributed by atoms with Gasteiger partial charge in [-0.05, 0) is 18.2 Å². The maximum atomic E-state index is 11.5. The summed E-state index contributed by atoms with van der Waals surface area (Å²) in [7, 11) is 0. The van der Waals surface area contributed by atoms with Gasteiger partial charge in [-0.15, -0.1) is 0 Å². The maximum absolute atomic E-state index is 11.5. The summed E-state index contributed by atoms with van der Waals surface area (Å²) in [6.07, 6.45) is 0. The Hall–Kier alpha value is -2.59. The second kappa shape index (κ2) is 6.67. The van der Waals surface area contributed by atoms with Gasteiger partial charge >= 0.3 is 5.97 Å². The standard InChI is InChI=1S/C19H19NO3/c1-2-20(12-14-8-4-3-5-9-14)13-16-15-10-6-7-11-17(15)23-18(16)19(21)22/h3-11H,2,12-13H2,1H3,(H,21,22). The predicted molar refractivity (Wildman–Crippen MR) is 89.4 cm³/mol. The van der Waals surface area contributed by atoms with Crippen LogP contribution in [0.2, 0.25) is 0 Å². The molecule has 0 radical (unpaired) electrons. The fraction of sp³-hybridized carbons (Fsp3) is 0.211. The van der Waals surface area contributed by atoms with Gasteiger partial charge in [0.2, 0.25) is 5.76 Å². The van der Waals surface area contributed by atoms with Crippen LogP contribution >= 0.6 is 0 Å². The van der Waals surface area contributed by atoms with Crippen molar-refractivity contribution in [3.05, 3.63) is 71.5 Å². The number of rotatable bonds is 6. The fourth-order valence-corrected chi connectivity index (χ4v) is 2.77. The van der Waals surface area contributed by atoms with Crippen molar-refractivity contribution >= 4 is 16.9 Å². The lowest BCUT2D eigenvalue weighted by Crippen LogP contribution is -2.23. The van der Waals surface area contributed by atoms with Crippen molar-refractivity contribution in [2.24, 2.45) is 0 Å². The SMILES string of the molecule is CCN(Cc1ccccc1)Cc1c(C(=O)O)oc2ccccc12. The number of furan rings is 1. The van der Waals surface area contributed by atoms with Gasteiger partial charge in [0, 0.05) is 24.0 Å². The number of hydrogen-bond donors (Lipinski definition) is 1. The van der Waals surface area contributed by atoms with Crippen LogP contribution < -0.4 is 0 Å². The van der Waals surface area contributed by atoms with Crippen LogP contribution in [0.4, 0.5) is 0 Å². The Balaban J connectivity index is 1.92. The topological polar surface area (TPSA) is 53.7 Å². The highest BCUT2D eigenvalue weighted by atomic mass is 16.4. The number of benzene rings is 2. The van der Waals surface area contributed by atoms with Crippen LogP contribution in [0.3, 0.4) is 0 Å². The Morgan fingerprint density at radius 3 is 2.43 bits per heavy atom. The molecule has 2 aromatic carbocycles. The van der Waals surface area contributed by atoms with E-state index >= 15 is 0 Å². The van der Waals surface area contributed by atoms with E-state index < -0.39 is 5.97 Å². The Bertz CT molecular complexity index is 808. The molecule has 0 spiro atoms. The summed E-state index contributed by atoms with van der Waals surface area (Å²) in [5.74, 6) is -0.982. The molecule has 0 fully saturated rings. The third kappa shape index (κ3) is 3.27. The van der Waals surface area contributed by atoms with E-state index in [-0.39, 0.29) is 5.76 Å². The van der Waals surface area contributed by atoms with E-state index in [4.69, 9.17) is 4.42 Å². The average Bonchev–Trinajstić information content (AvgIpc) is 2.94. The van der Waals surface area contributed by atoms with E-state index in [0.717, 1.165) is 24.0 Å². The lowest BCUT2D eigenvalue weighted by Gasteiger charge is -2.20. The molecule has 1 aromatic heterocycles. The normalized spacial score (nSPS) is 11.2. The number of carbonyl (C=O) groups is 1. The van der Waals surface area contributed by atoms with Gasteiger partial charge in [-0.25, -0.2) is 4.79 Å². The van der Waals surface area contributed by atoms with Gasteiger partial charge in [-0.3, -0.25) is 4.90 Å². The molecule has 3 aromatic rings. The van der Waals surface area contributed by atoms with E-state index in [1.807, 2.05) is 36.4 Å². The zero-order valence-electron chi connectivity index (χ0n) is 13.0. The molecule has 0 amide bonds. The monoisotopic (exact) mass is 309 g/mol. The largest absolute Gasteiger partial charge is 0.475 e. The summed E-state index contributed by atoms with van der Waals surface area (Å²) in [5, 5.41) is 10.3. The first kappa shape index (κ1) is 15.3. The number of para-hydroxylation sites is 1. The van der Waals surface area contributed by atoms with Gasteiger partial charge in [0.1, 0.15) is 5.58 Å². The van der Waals surface area contributed by atoms with Crippen LogP contribution in [0.1, 0.15) is 28.6 Å². The molecule has 0 aliphatic carbocycles. The summed E-state index contributed by atoms with van der Waals surface area (Å²) >= 11 is 0. The Morgan fingerprint density at radius 1 is 1.04 bits per heavy atom. The number of carboxylic acid groups (broad SMARTS) is 1. The van der Waals surface area contributed by atoms with Crippen molar-refractivity contribution in [3.8, 4) is 0 Å². The zero-order valence-corrected chi connectivity index (χ0v) is 13.0. The highest BCUT2D eigenvalue weighted by Gasteiger charge is 2.21. The Kier molecular flexibility index (Phi) is 4.44. The first-order valence-corrected chi connectivity index (χ1v) is 7.69. The fourth-order valence-electron chi connectivity index (χ4n) is 2.77. The van der Waals surface area contributed by atoms with Gasteiger partial charge in [-0.2, -0.15) is 0 Å². The Morgan fingerprint density at radius 2 is 1.74 bits per heavy atom. The van der Waals surface area contributed by atoms with Crippen LogP contribution in [0.5, 0.6) is 0 Å². The number of aromatic carboxylic acids is 1. The minimum atomic E-state index is -1.02. The van der Waals surface area contributed by atoms with E-state index in [0.29, 0.717) is 12.1 Å². The Labute approximate surface area is 135 Å². The second-order valence-electron chi connectivity index (χ2n) is 5.50. The van der Waals surface area contributed by atoms with Crippen molar-refractivity contribution in [1.29, 1.82) is 0 Å². The highest BCUT2D eigenvalue weighted by Crippen LogP contribution is 2.27. The predicted octanol–water partition coefficient (Wildman–Crippen LogP) is 4.15. The van der Waals surface area contributed by atoms with Gasteiger partial charge < -0.3 is 9.52 Å². The highest BCUT2D eigenvalue weighted by molar-refractivity contribution is 5.95. The van der Waals surface area contributed by atoms with Crippen molar-refractivity contribution in [3.63, 3.8) is 0 Å². The van der Waals surface area contributed by atoms with Crippen LogP contribution in [0, 0.1) is 0 Å². The number of hydrogen-bond acceptors (Lipinski definition) is 3. The maximum Gasteiger partial charge on any atom is 0.372 e. The van der Waals surface area contributed by atoms with Gasteiger partial charge in [0.15, 0.2) is 0 Å². The van der Waals surface area contributed by atoms with E-state index in [2.05, 4.69) is 24.0 Å². The summed E-state index contributed by atoms with van der Waals surface area (Å²) in [5.41, 5.74) is 2.57. The molecule has 118 valence electrons. The van der Waals surface area contributed by atoms with E-state index in [1.54, 1.807) is 6.07 Å². The zero-order chi connectivity index (χ0) is 16.2. The van der Waals surface area contributed by atoms with Crippen molar-refractivity contribution in [2.45, 2.75) is 20.0 Å². The minimum absolute atomic E-state index is 0.0395. The molecule has 4 heteroatoms. The molecule has 1 N–H and O–H groups in total. The van der Waals surface area contributed by atoms with Crippen LogP contribution in [-0.4, -0.2) is 22.5 Å². The third-order valence-electron chi connectivity index (χ3n) is 3.97. The lowest BCUT2D eigenvalue weighted by atomic mass is 10.1. The molecular weight excluding hydrogens is 290 g/mol. The second-order valence-corrected chi connectivity index (χ2v) is 5.50. The number of nitrogens with zero attached hydrogens (tertiary/aromatic N) is 1. The molecule has 3 rings (SSSR count). The molecule has 0 aliphatic heterocycles. The number of fused-ring (bicyclic) bond motifs is 1. The quantitative estimate of drug-likeness (QED) is 0.743. The third-order valence-corrected chi connectivity index (χ3v) is 3.97. The average molecular weight is 309 g/mol. The van der Waals surface area contributed by atoms with Crippen molar-refractivity contribution in [1.82, 2.24) is 4.90 Å². The van der Waals surface area contributed by atoms with Crippen LogP contribution in [0.15, 0.2) is 59.0 Å². The molecule has 0 saturated carbocycles. The molecule has 0 unspecified atom stereocenters. The minimum Gasteiger partial charge on any atom is -0.475 e. The van der Waals surface area contributed by atoms with Crippen LogP contribution in [0.25, 0.3) is 11.0 Å². The van der Waals surface area contributed by atoms with Gasteiger partial charge in [0.25, 0.3) is 0 Å². The molecule has 0 aliphatic rings. The summed E-state index contributed by atoms with van der Waals surface area (Å²) in [6.45, 7) is 4.22. The van der Waals surface area contributed by atoms with Crippen molar-refractivity contribution < 1.29 is 14.3 Å². The van der Waals surface area contributed by atoms with Gasteiger partial charge in [-0.1, -0.05) is 55.5 Å². The molecular formula is C19H19NO3. The smallest absolute Gasteiger partial charge is 0.372 e. The van der Waals surface area contributed by atoms with Gasteiger partial charge in [0.05, 0.1) is 0 Å². The molecule has 0 atom stereocenters. The summed E-state index contributed by atoms with van der Waals surface area (Å²) in [4.78, 5) is 13.7. The molecule has 23 heavy (non-hydrogen) atoms. The summed E-state index contributed by atoms with van der Waals surface area (Å²) in [6, 6.07) is 17.6.